The van der Waals surface area contributed by atoms with Crippen molar-refractivity contribution in [3.05, 3.63) is 52.8 Å². The molecule has 8 bridgehead atoms. The monoisotopic (exact) mass is 857 g/mol. The van der Waals surface area contributed by atoms with Gasteiger partial charge in [-0.15, -0.1) is 11.8 Å². The number of fused-ring (bicyclic) bond motifs is 7. The first-order chi connectivity index (χ1) is 29.5. The second-order valence-corrected chi connectivity index (χ2v) is 19.6. The molecule has 7 atom stereocenters. The number of hydrazine groups is 1. The van der Waals surface area contributed by atoms with Crippen LogP contribution in [0.5, 0.6) is 0 Å². The third kappa shape index (κ3) is 8.18. The molecule has 2 aromatic heterocycles. The summed E-state index contributed by atoms with van der Waals surface area (Å²) < 4.78 is 32.6. The lowest BCUT2D eigenvalue weighted by molar-refractivity contribution is -0.159. The Morgan fingerprint density at radius 3 is 2.51 bits per heavy atom. The van der Waals surface area contributed by atoms with Crippen molar-refractivity contribution in [2.75, 3.05) is 59.0 Å². The number of aromatic nitrogens is 2. The molecular weight excluding hydrogens is 795 g/mol. The molecule has 9 rings (SSSR count). The third-order valence-corrected chi connectivity index (χ3v) is 14.9. The lowest BCUT2D eigenvalue weighted by atomic mass is 9.79. The van der Waals surface area contributed by atoms with Gasteiger partial charge < -0.3 is 34.0 Å². The number of benzene rings is 1. The van der Waals surface area contributed by atoms with Gasteiger partial charge in [-0.1, -0.05) is 19.9 Å². The summed E-state index contributed by atoms with van der Waals surface area (Å²) in [6.45, 7) is 15.4. The molecule has 0 saturated carbocycles. The first-order valence-corrected chi connectivity index (χ1v) is 23.4. The van der Waals surface area contributed by atoms with Crippen molar-refractivity contribution in [2.45, 2.75) is 128 Å². The number of nitrogens with two attached hydrogens (primary N) is 1. The van der Waals surface area contributed by atoms with Gasteiger partial charge in [0.1, 0.15) is 18.2 Å². The van der Waals surface area contributed by atoms with Crippen molar-refractivity contribution < 1.29 is 33.3 Å². The lowest BCUT2D eigenvalue weighted by Crippen LogP contribution is -2.64. The predicted molar refractivity (Wildman–Crippen MR) is 235 cm³/mol. The van der Waals surface area contributed by atoms with Crippen LogP contribution in [0.2, 0.25) is 0 Å². The van der Waals surface area contributed by atoms with Crippen LogP contribution in [0, 0.1) is 5.41 Å². The minimum atomic E-state index is -0.994. The molecule has 14 nitrogen and oxygen atoms in total. The number of aliphatic imine (C=N–C) groups is 1. The Morgan fingerprint density at radius 2 is 1.80 bits per heavy atom. The number of amides is 1. The normalized spacial score (nSPS) is 30.4. The van der Waals surface area contributed by atoms with Crippen molar-refractivity contribution in [1.29, 1.82) is 0 Å². The van der Waals surface area contributed by atoms with E-state index in [2.05, 4.69) is 73.1 Å². The Hall–Kier alpha value is -3.41. The molecule has 15 heteroatoms. The number of nitrogens with one attached hydrogen (secondary N) is 1. The highest BCUT2D eigenvalue weighted by atomic mass is 32.2. The number of hydrogen-bond donors (Lipinski definition) is 2. The van der Waals surface area contributed by atoms with Crippen LogP contribution in [0.15, 0.2) is 35.5 Å². The minimum absolute atomic E-state index is 0.142. The van der Waals surface area contributed by atoms with Gasteiger partial charge in [-0.05, 0) is 93.7 Å². The number of piperidine rings is 1. The highest BCUT2D eigenvalue weighted by Gasteiger charge is 2.45. The fourth-order valence-electron chi connectivity index (χ4n) is 10.6. The van der Waals surface area contributed by atoms with Crippen LogP contribution in [0.1, 0.15) is 101 Å². The highest BCUT2D eigenvalue weighted by Crippen LogP contribution is 2.45. The predicted octanol–water partition coefficient (Wildman–Crippen LogP) is 5.32. The molecule has 4 fully saturated rings. The van der Waals surface area contributed by atoms with Crippen molar-refractivity contribution >= 4 is 39.6 Å². The average molecular weight is 858 g/mol. The van der Waals surface area contributed by atoms with E-state index < -0.39 is 23.6 Å². The number of thioether (sulfide) groups is 1. The molecule has 6 aliphatic rings. The van der Waals surface area contributed by atoms with E-state index in [0.717, 1.165) is 84.3 Å². The van der Waals surface area contributed by atoms with Gasteiger partial charge in [-0.3, -0.25) is 29.5 Å². The van der Waals surface area contributed by atoms with E-state index in [-0.39, 0.29) is 30.6 Å². The highest BCUT2D eigenvalue weighted by molar-refractivity contribution is 8.14. The fraction of sp³-hybridized carbons (Fsp3) is 0.652. The van der Waals surface area contributed by atoms with Gasteiger partial charge >= 0.3 is 5.97 Å². The van der Waals surface area contributed by atoms with Gasteiger partial charge in [0, 0.05) is 72.7 Å². The first kappa shape index (κ1) is 42.9. The zero-order valence-electron chi connectivity index (χ0n) is 36.6. The molecule has 1 amide bonds. The van der Waals surface area contributed by atoms with Crippen LogP contribution in [-0.2, 0) is 46.2 Å². The van der Waals surface area contributed by atoms with Crippen molar-refractivity contribution in [3.8, 4) is 11.3 Å². The lowest BCUT2D eigenvalue weighted by Gasteiger charge is -2.53. The van der Waals surface area contributed by atoms with Crippen LogP contribution in [0.3, 0.4) is 0 Å². The number of methoxy groups -OCH3 is 1. The number of rotatable bonds is 8. The number of ether oxygens (including phenoxy) is 5. The Morgan fingerprint density at radius 1 is 1.05 bits per heavy atom. The molecule has 330 valence electrons. The second-order valence-electron chi connectivity index (χ2n) is 18.5. The quantitative estimate of drug-likeness (QED) is 0.282. The number of aryl methyl sites for hydroxylation is 1. The molecule has 4 saturated heterocycles. The Kier molecular flexibility index (Phi) is 12.4. The first-order valence-electron chi connectivity index (χ1n) is 22.4. The molecule has 61 heavy (non-hydrogen) atoms. The smallest absolute Gasteiger partial charge is 0.324 e. The van der Waals surface area contributed by atoms with Crippen LogP contribution >= 0.6 is 11.8 Å². The maximum atomic E-state index is 13.9. The maximum absolute atomic E-state index is 13.9. The fourth-order valence-corrected chi connectivity index (χ4v) is 11.7. The maximum Gasteiger partial charge on any atom is 0.324 e. The van der Waals surface area contributed by atoms with Crippen LogP contribution in [-0.4, -0.2) is 132 Å². The number of pyridine rings is 1. The summed E-state index contributed by atoms with van der Waals surface area (Å²) >= 11 is 1.60. The Labute approximate surface area is 363 Å². The van der Waals surface area contributed by atoms with Gasteiger partial charge in [0.2, 0.25) is 0 Å². The average Bonchev–Trinajstić information content (AvgIpc) is 3.85. The van der Waals surface area contributed by atoms with E-state index >= 15 is 0 Å². The van der Waals surface area contributed by atoms with E-state index in [9.17, 15) is 9.59 Å². The largest absolute Gasteiger partial charge is 0.464 e. The van der Waals surface area contributed by atoms with E-state index in [1.807, 2.05) is 6.92 Å². The van der Waals surface area contributed by atoms with Gasteiger partial charge in [-0.2, -0.15) is 0 Å². The third-order valence-electron chi connectivity index (χ3n) is 13.8. The number of carbonyl (C=O) groups is 2. The molecule has 0 radical (unpaired) electrons. The number of esters is 1. The van der Waals surface area contributed by atoms with Crippen molar-refractivity contribution in [1.82, 2.24) is 24.9 Å². The topological polar surface area (TPSA) is 155 Å². The Balaban J connectivity index is 1.17. The molecule has 0 spiro atoms. The zero-order valence-corrected chi connectivity index (χ0v) is 37.4. The van der Waals surface area contributed by atoms with Crippen molar-refractivity contribution in [3.63, 3.8) is 0 Å². The molecule has 6 aliphatic heterocycles. The molecule has 8 heterocycles. The van der Waals surface area contributed by atoms with E-state index in [0.29, 0.717) is 62.2 Å². The zero-order chi connectivity index (χ0) is 42.6. The molecule has 1 aromatic carbocycles. The number of nitrogens with zero attached hydrogens (tertiary/aromatic N) is 5. The number of carbonyl (C=O) groups excluding carboxylic acids is 2. The van der Waals surface area contributed by atoms with E-state index in [1.165, 1.54) is 16.1 Å². The number of cyclic esters (lactones) is 1. The summed E-state index contributed by atoms with van der Waals surface area (Å²) in [5.41, 5.74) is 17.2. The molecule has 0 aliphatic carbocycles. The van der Waals surface area contributed by atoms with Crippen LogP contribution in [0.25, 0.3) is 22.2 Å². The summed E-state index contributed by atoms with van der Waals surface area (Å²) in [6.07, 6.45) is 4.99. The van der Waals surface area contributed by atoms with E-state index in [4.69, 9.17) is 39.4 Å². The van der Waals surface area contributed by atoms with E-state index in [1.54, 1.807) is 18.9 Å². The van der Waals surface area contributed by atoms with Gasteiger partial charge in [0.25, 0.3) is 5.91 Å². The second kappa shape index (κ2) is 17.6. The summed E-state index contributed by atoms with van der Waals surface area (Å²) in [6, 6.07) is 8.52. The summed E-state index contributed by atoms with van der Waals surface area (Å²) in [7, 11) is 1.75. The molecular formula is C46H63N7O7S. The standard InChI is InChI=1S/C46H63N7O7S/c1-7-51-38-12-11-27-16-33(38)35(41(51)34-17-29(19-48-40(34)26(3)56-6)28-14-30-20-57-21-31(15-28)53(30)32-22-58-23-32)18-46(4,5)25-60-45(55)36-10-9-13-52(50-36)44(54)39(47)42(59-8-2)43-49-37(27)24-61-43/h11-12,16-17,19,26,28,30-32,36-37,39,42,50H,7-10,13-15,18,20-25,47H2,1-6H3/t26-,30-,31-,36-,37?,39-,42-/m0/s1. The molecule has 3 aromatic rings. The Bertz CT molecular complexity index is 2140. The number of hydrogen-bond acceptors (Lipinski definition) is 13. The SMILES string of the molecule is CCO[C@@H]1C2=NC(CS2)c2ccc3c(c2)c(c(-c2cc(C4C[C@H]5COC[C@H](C4)N5C4COC4)cnc2[C@H](C)OC)n3CC)CC(C)(C)COC(=O)[C@@H]2CCCN(N2)C(=O)[C@H]1N. The van der Waals surface area contributed by atoms with Crippen molar-refractivity contribution in [2.24, 2.45) is 16.1 Å². The minimum Gasteiger partial charge on any atom is -0.464 e. The van der Waals surface area contributed by atoms with Gasteiger partial charge in [0.05, 0.1) is 67.7 Å². The van der Waals surface area contributed by atoms with Crippen LogP contribution in [0.4, 0.5) is 0 Å². The molecule has 1 unspecified atom stereocenters. The summed E-state index contributed by atoms with van der Waals surface area (Å²) in [5.74, 6) is 0.348. The van der Waals surface area contributed by atoms with Gasteiger partial charge in [-0.25, -0.2) is 5.43 Å². The number of morpholine rings is 1. The summed E-state index contributed by atoms with van der Waals surface area (Å²) in [4.78, 5) is 40.8. The van der Waals surface area contributed by atoms with Gasteiger partial charge in [0.15, 0.2) is 0 Å². The molecule has 3 N–H and O–H groups in total. The summed E-state index contributed by atoms with van der Waals surface area (Å²) in [5, 5.41) is 3.34. The van der Waals surface area contributed by atoms with Crippen LogP contribution < -0.4 is 11.2 Å².